The Bertz CT molecular complexity index is 1520. The molecule has 0 aliphatic carbocycles. The van der Waals surface area contributed by atoms with Crippen molar-refractivity contribution >= 4 is 21.9 Å². The van der Waals surface area contributed by atoms with Crippen molar-refractivity contribution in [1.82, 2.24) is 24.6 Å². The maximum absolute atomic E-state index is 13.2. The monoisotopic (exact) mass is 487 g/mol. The summed E-state index contributed by atoms with van der Waals surface area (Å²) in [5.74, 6) is 1.14. The molecular formula is C27H29N5O4. The van der Waals surface area contributed by atoms with E-state index in [1.54, 1.807) is 11.8 Å². The second kappa shape index (κ2) is 8.60. The molecule has 2 fully saturated rings. The fourth-order valence-corrected chi connectivity index (χ4v) is 5.78. The van der Waals surface area contributed by atoms with Gasteiger partial charge in [-0.25, -0.2) is 9.97 Å². The second-order valence-corrected chi connectivity index (χ2v) is 9.95. The Hall–Kier alpha value is -3.43. The quantitative estimate of drug-likeness (QED) is 0.461. The van der Waals surface area contributed by atoms with E-state index < -0.39 is 0 Å². The minimum Gasteiger partial charge on any atom is -0.487 e. The Morgan fingerprint density at radius 1 is 1.11 bits per heavy atom. The summed E-state index contributed by atoms with van der Waals surface area (Å²) in [6.07, 6.45) is 4.22. The minimum absolute atomic E-state index is 0.0285. The normalized spacial score (nSPS) is 23.8. The third-order valence-corrected chi connectivity index (χ3v) is 7.67. The number of para-hydroxylation sites is 1. The number of benzene rings is 2. The van der Waals surface area contributed by atoms with Crippen LogP contribution in [0.3, 0.4) is 0 Å². The first-order valence-electron chi connectivity index (χ1n) is 12.8. The van der Waals surface area contributed by atoms with Crippen molar-refractivity contribution in [3.8, 4) is 22.9 Å². The van der Waals surface area contributed by atoms with Crippen LogP contribution >= 0.6 is 0 Å². The number of aromatic amines is 1. The summed E-state index contributed by atoms with van der Waals surface area (Å²) in [7, 11) is 1.60. The number of hydrogen-bond donors (Lipinski definition) is 1. The van der Waals surface area contributed by atoms with Gasteiger partial charge in [-0.05, 0) is 49.4 Å². The van der Waals surface area contributed by atoms with E-state index in [0.717, 1.165) is 79.8 Å². The third-order valence-electron chi connectivity index (χ3n) is 7.67. The average molecular weight is 488 g/mol. The van der Waals surface area contributed by atoms with E-state index in [2.05, 4.69) is 22.1 Å². The molecule has 3 atom stereocenters. The molecular weight excluding hydrogens is 458 g/mol. The van der Waals surface area contributed by atoms with Crippen LogP contribution in [0.1, 0.15) is 37.4 Å². The van der Waals surface area contributed by atoms with Crippen LogP contribution in [0.5, 0.6) is 11.6 Å². The molecule has 7 rings (SSSR count). The van der Waals surface area contributed by atoms with E-state index in [1.165, 1.54) is 0 Å². The van der Waals surface area contributed by atoms with Crippen molar-refractivity contribution < 1.29 is 14.2 Å². The van der Waals surface area contributed by atoms with Crippen LogP contribution in [0.25, 0.3) is 33.2 Å². The molecule has 4 aromatic rings. The summed E-state index contributed by atoms with van der Waals surface area (Å²) in [5, 5.41) is 3.97. The number of H-pyrrole nitrogens is 1. The molecule has 9 nitrogen and oxygen atoms in total. The highest BCUT2D eigenvalue weighted by Gasteiger charge is 2.28. The van der Waals surface area contributed by atoms with E-state index in [9.17, 15) is 4.79 Å². The zero-order valence-corrected chi connectivity index (χ0v) is 20.3. The summed E-state index contributed by atoms with van der Waals surface area (Å²) in [6, 6.07) is 9.83. The van der Waals surface area contributed by atoms with Gasteiger partial charge >= 0.3 is 0 Å². The molecule has 0 radical (unpaired) electrons. The van der Waals surface area contributed by atoms with Crippen LogP contribution in [0.2, 0.25) is 0 Å². The zero-order valence-electron chi connectivity index (χ0n) is 20.3. The van der Waals surface area contributed by atoms with Crippen molar-refractivity contribution in [1.29, 1.82) is 0 Å². The van der Waals surface area contributed by atoms with Crippen molar-refractivity contribution in [3.63, 3.8) is 0 Å². The highest BCUT2D eigenvalue weighted by atomic mass is 16.5. The van der Waals surface area contributed by atoms with Crippen LogP contribution in [-0.4, -0.2) is 64.1 Å². The minimum atomic E-state index is -0.0285. The van der Waals surface area contributed by atoms with Gasteiger partial charge in [0, 0.05) is 31.8 Å². The molecule has 6 bridgehead atoms. The molecule has 2 aromatic carbocycles. The number of hydrogen-bond acceptors (Lipinski definition) is 7. The number of fused-ring (bicyclic) bond motifs is 5. The third kappa shape index (κ3) is 3.57. The van der Waals surface area contributed by atoms with Crippen molar-refractivity contribution in [3.05, 3.63) is 46.2 Å². The molecule has 0 spiro atoms. The molecule has 1 N–H and O–H groups in total. The van der Waals surface area contributed by atoms with Crippen molar-refractivity contribution in [2.24, 2.45) is 0 Å². The largest absolute Gasteiger partial charge is 0.487 e. The number of nitrogens with zero attached hydrogens (tertiary/aromatic N) is 4. The topological polar surface area (TPSA) is 94.5 Å². The summed E-state index contributed by atoms with van der Waals surface area (Å²) >= 11 is 0. The van der Waals surface area contributed by atoms with Gasteiger partial charge in [0.2, 0.25) is 5.88 Å². The molecule has 0 saturated carbocycles. The molecule has 36 heavy (non-hydrogen) atoms. The summed E-state index contributed by atoms with van der Waals surface area (Å²) < 4.78 is 20.2. The summed E-state index contributed by atoms with van der Waals surface area (Å²) in [6.45, 7) is 3.87. The standard InChI is InChI=1S/C27H29N5O4/c1-34-26-24-18-5-4-6-19-23(18)30-32(27(19)33)11-10-31-9-8-17(15-31)36-22-14-16(21-7-2-3-12-35-21)13-20(28-26)25(22)29-24/h4-6,13-14,17,21,30H,2-3,7-12,15H2,1H3/t17-,21?/m0/s1. The Morgan fingerprint density at radius 3 is 2.92 bits per heavy atom. The predicted molar refractivity (Wildman–Crippen MR) is 136 cm³/mol. The van der Waals surface area contributed by atoms with Gasteiger partial charge in [0.15, 0.2) is 0 Å². The number of nitrogens with one attached hydrogen (secondary N) is 1. The van der Waals surface area contributed by atoms with Gasteiger partial charge in [0.25, 0.3) is 5.56 Å². The molecule has 2 unspecified atom stereocenters. The first-order valence-corrected chi connectivity index (χ1v) is 12.8. The fraction of sp³-hybridized carbons (Fsp3) is 0.444. The molecule has 2 saturated heterocycles. The lowest BCUT2D eigenvalue weighted by Crippen LogP contribution is -2.30. The first kappa shape index (κ1) is 21.8. The SMILES string of the molecule is COc1nc2cc(C3CCCCO3)cc3c2nc1-c1cccc2c(=O)n([nH]c12)CCN1CC[C@@H](C1)O3. The van der Waals surface area contributed by atoms with Gasteiger partial charge in [0.1, 0.15) is 23.1 Å². The van der Waals surface area contributed by atoms with Crippen LogP contribution in [0.15, 0.2) is 35.1 Å². The molecule has 2 aromatic heterocycles. The number of methoxy groups -OCH3 is 1. The van der Waals surface area contributed by atoms with Gasteiger partial charge < -0.3 is 14.2 Å². The number of aromatic nitrogens is 4. The molecule has 186 valence electrons. The average Bonchev–Trinajstić information content (AvgIpc) is 3.50. The Kier molecular flexibility index (Phi) is 5.21. The van der Waals surface area contributed by atoms with Crippen LogP contribution in [-0.2, 0) is 11.3 Å². The summed E-state index contributed by atoms with van der Waals surface area (Å²) in [5.41, 5.74) is 4.55. The van der Waals surface area contributed by atoms with Crippen LogP contribution in [0.4, 0.5) is 0 Å². The highest BCUT2D eigenvalue weighted by molar-refractivity contribution is 5.95. The molecule has 9 heteroatoms. The maximum atomic E-state index is 13.2. The van der Waals surface area contributed by atoms with Crippen molar-refractivity contribution in [2.45, 2.75) is 44.4 Å². The van der Waals surface area contributed by atoms with Crippen LogP contribution < -0.4 is 15.0 Å². The first-order chi connectivity index (χ1) is 17.7. The fourth-order valence-electron chi connectivity index (χ4n) is 5.78. The lowest BCUT2D eigenvalue weighted by molar-refractivity contribution is 0.0148. The van der Waals surface area contributed by atoms with Gasteiger partial charge in [-0.15, -0.1) is 0 Å². The number of ether oxygens (including phenoxy) is 3. The second-order valence-electron chi connectivity index (χ2n) is 9.95. The highest BCUT2D eigenvalue weighted by Crippen LogP contribution is 2.39. The Morgan fingerprint density at radius 2 is 2.06 bits per heavy atom. The van der Waals surface area contributed by atoms with E-state index in [-0.39, 0.29) is 17.8 Å². The predicted octanol–water partition coefficient (Wildman–Crippen LogP) is 3.66. The molecule has 0 amide bonds. The van der Waals surface area contributed by atoms with Gasteiger partial charge in [0.05, 0.1) is 36.2 Å². The molecule has 3 aliphatic rings. The van der Waals surface area contributed by atoms with E-state index in [0.29, 0.717) is 29.0 Å². The lowest BCUT2D eigenvalue weighted by atomic mass is 10.00. The molecule has 5 heterocycles. The lowest BCUT2D eigenvalue weighted by Gasteiger charge is -2.24. The molecule has 3 aliphatic heterocycles. The van der Waals surface area contributed by atoms with E-state index in [4.69, 9.17) is 24.2 Å². The van der Waals surface area contributed by atoms with Gasteiger partial charge in [-0.2, -0.15) is 0 Å². The number of rotatable bonds is 2. The Labute approximate surface area is 208 Å². The van der Waals surface area contributed by atoms with E-state index in [1.807, 2.05) is 18.2 Å². The zero-order chi connectivity index (χ0) is 24.2. The van der Waals surface area contributed by atoms with Crippen LogP contribution in [0, 0.1) is 0 Å². The maximum Gasteiger partial charge on any atom is 0.274 e. The van der Waals surface area contributed by atoms with E-state index >= 15 is 0 Å². The van der Waals surface area contributed by atoms with Gasteiger partial charge in [-0.1, -0.05) is 12.1 Å². The Balaban J connectivity index is 1.49. The smallest absolute Gasteiger partial charge is 0.274 e. The van der Waals surface area contributed by atoms with Crippen molar-refractivity contribution in [2.75, 3.05) is 33.4 Å². The summed E-state index contributed by atoms with van der Waals surface area (Å²) in [4.78, 5) is 25.5. The van der Waals surface area contributed by atoms with Gasteiger partial charge in [-0.3, -0.25) is 19.5 Å².